The second-order valence-corrected chi connectivity index (χ2v) is 6.49. The van der Waals surface area contributed by atoms with E-state index in [0.29, 0.717) is 22.3 Å². The highest BCUT2D eigenvalue weighted by Crippen LogP contribution is 2.38. The van der Waals surface area contributed by atoms with Crippen molar-refractivity contribution in [3.8, 4) is 22.3 Å². The van der Waals surface area contributed by atoms with E-state index in [4.69, 9.17) is 0 Å². The minimum Gasteiger partial charge on any atom is -0.294 e. The van der Waals surface area contributed by atoms with Gasteiger partial charge >= 0.3 is 0 Å². The van der Waals surface area contributed by atoms with Gasteiger partial charge in [0.2, 0.25) is 0 Å². The molecule has 0 aliphatic rings. The molecule has 0 aromatic heterocycles. The summed E-state index contributed by atoms with van der Waals surface area (Å²) in [6, 6.07) is 20.6. The van der Waals surface area contributed by atoms with E-state index in [1.807, 2.05) is 54.6 Å². The van der Waals surface area contributed by atoms with Crippen molar-refractivity contribution in [2.75, 3.05) is 0 Å². The molecule has 134 valence electrons. The van der Waals surface area contributed by atoms with Gasteiger partial charge in [0.15, 0.2) is 17.3 Å². The number of hydrogen-bond acceptors (Lipinski definition) is 3. The third kappa shape index (κ3) is 3.49. The summed E-state index contributed by atoms with van der Waals surface area (Å²) in [4.78, 5) is 37.0. The van der Waals surface area contributed by atoms with Gasteiger partial charge in [-0.05, 0) is 43.5 Å². The molecule has 0 unspecified atom stereocenters. The Morgan fingerprint density at radius 2 is 1.07 bits per heavy atom. The molecule has 0 radical (unpaired) electrons. The molecule has 0 atom stereocenters. The molecule has 0 aliphatic carbocycles. The molecule has 0 saturated heterocycles. The molecule has 3 aromatic carbocycles. The molecular formula is C24H20O3. The Hall–Kier alpha value is -3.33. The molecule has 0 fully saturated rings. The summed E-state index contributed by atoms with van der Waals surface area (Å²) in [5, 5.41) is 0. The number of ketones is 3. The molecule has 3 nitrogen and oxygen atoms in total. The standard InChI is InChI=1S/C24H20O3/c1-15(25)19-13-14-20(16(2)26)24(23(19)17(3)27)22-12-8-7-11-21(22)18-9-5-4-6-10-18/h4-14H,1-3H3. The Morgan fingerprint density at radius 1 is 0.556 bits per heavy atom. The lowest BCUT2D eigenvalue weighted by Gasteiger charge is -2.18. The molecule has 0 aliphatic heterocycles. The van der Waals surface area contributed by atoms with E-state index in [1.165, 1.54) is 20.8 Å². The second kappa shape index (κ2) is 7.50. The van der Waals surface area contributed by atoms with Gasteiger partial charge in [0.05, 0.1) is 0 Å². The fourth-order valence-corrected chi connectivity index (χ4v) is 3.41. The molecule has 3 heteroatoms. The number of hydrogen-bond donors (Lipinski definition) is 0. The van der Waals surface area contributed by atoms with Crippen molar-refractivity contribution in [1.82, 2.24) is 0 Å². The van der Waals surface area contributed by atoms with Crippen LogP contribution in [0, 0.1) is 0 Å². The van der Waals surface area contributed by atoms with Crippen LogP contribution in [-0.2, 0) is 0 Å². The van der Waals surface area contributed by atoms with Gasteiger partial charge in [0.1, 0.15) is 0 Å². The minimum atomic E-state index is -0.235. The summed E-state index contributed by atoms with van der Waals surface area (Å²) in [6.07, 6.45) is 0. The van der Waals surface area contributed by atoms with E-state index in [9.17, 15) is 14.4 Å². The topological polar surface area (TPSA) is 51.2 Å². The van der Waals surface area contributed by atoms with Crippen LogP contribution in [0.25, 0.3) is 22.3 Å². The molecule has 0 heterocycles. The summed E-state index contributed by atoms with van der Waals surface area (Å²) in [7, 11) is 0. The van der Waals surface area contributed by atoms with Gasteiger partial charge in [-0.1, -0.05) is 60.7 Å². The van der Waals surface area contributed by atoms with Crippen molar-refractivity contribution < 1.29 is 14.4 Å². The Morgan fingerprint density at radius 3 is 1.63 bits per heavy atom. The number of benzene rings is 3. The van der Waals surface area contributed by atoms with Crippen LogP contribution >= 0.6 is 0 Å². The first-order valence-corrected chi connectivity index (χ1v) is 8.76. The summed E-state index contributed by atoms with van der Waals surface area (Å²) in [6.45, 7) is 4.34. The van der Waals surface area contributed by atoms with E-state index in [-0.39, 0.29) is 17.3 Å². The van der Waals surface area contributed by atoms with Crippen LogP contribution in [0.4, 0.5) is 0 Å². The summed E-state index contributed by atoms with van der Waals surface area (Å²) >= 11 is 0. The fourth-order valence-electron chi connectivity index (χ4n) is 3.41. The lowest BCUT2D eigenvalue weighted by Crippen LogP contribution is -2.11. The maximum Gasteiger partial charge on any atom is 0.161 e. The molecule has 0 spiro atoms. The van der Waals surface area contributed by atoms with Crippen LogP contribution in [0.3, 0.4) is 0 Å². The van der Waals surface area contributed by atoms with Crippen LogP contribution in [0.2, 0.25) is 0 Å². The van der Waals surface area contributed by atoms with Crippen molar-refractivity contribution in [2.45, 2.75) is 20.8 Å². The molecule has 3 rings (SSSR count). The lowest BCUT2D eigenvalue weighted by molar-refractivity contribution is 0.0980. The Labute approximate surface area is 158 Å². The van der Waals surface area contributed by atoms with E-state index < -0.39 is 0 Å². The van der Waals surface area contributed by atoms with Gasteiger partial charge in [-0.3, -0.25) is 14.4 Å². The van der Waals surface area contributed by atoms with Crippen molar-refractivity contribution in [2.24, 2.45) is 0 Å². The molecule has 0 N–H and O–H groups in total. The van der Waals surface area contributed by atoms with Crippen LogP contribution in [-0.4, -0.2) is 17.3 Å². The monoisotopic (exact) mass is 356 g/mol. The zero-order valence-electron chi connectivity index (χ0n) is 15.6. The highest BCUT2D eigenvalue weighted by Gasteiger charge is 2.24. The predicted octanol–water partition coefficient (Wildman–Crippen LogP) is 5.63. The quantitative estimate of drug-likeness (QED) is 0.557. The van der Waals surface area contributed by atoms with Gasteiger partial charge in [-0.15, -0.1) is 0 Å². The number of carbonyl (C=O) groups is 3. The average Bonchev–Trinajstić information content (AvgIpc) is 2.67. The van der Waals surface area contributed by atoms with Gasteiger partial charge in [0, 0.05) is 22.3 Å². The molecule has 0 saturated carbocycles. The normalized spacial score (nSPS) is 10.5. The Bertz CT molecular complexity index is 1050. The molecule has 0 bridgehead atoms. The first kappa shape index (κ1) is 18.5. The zero-order chi connectivity index (χ0) is 19.6. The van der Waals surface area contributed by atoms with Crippen molar-refractivity contribution >= 4 is 17.3 Å². The average molecular weight is 356 g/mol. The highest BCUT2D eigenvalue weighted by molar-refractivity contribution is 6.16. The van der Waals surface area contributed by atoms with Gasteiger partial charge in [0.25, 0.3) is 0 Å². The van der Waals surface area contributed by atoms with Crippen LogP contribution in [0.1, 0.15) is 51.8 Å². The van der Waals surface area contributed by atoms with Gasteiger partial charge < -0.3 is 0 Å². The van der Waals surface area contributed by atoms with Crippen molar-refractivity contribution in [3.63, 3.8) is 0 Å². The Kier molecular flexibility index (Phi) is 5.13. The number of rotatable bonds is 5. The number of Topliss-reactive ketones (excluding diaryl/α,β-unsaturated/α-hetero) is 3. The minimum absolute atomic E-state index is 0.148. The molecule has 0 amide bonds. The predicted molar refractivity (Wildman–Crippen MR) is 107 cm³/mol. The molecule has 3 aromatic rings. The SMILES string of the molecule is CC(=O)c1ccc(C(C)=O)c(-c2ccccc2-c2ccccc2)c1C(C)=O. The molecular weight excluding hydrogens is 336 g/mol. The maximum absolute atomic E-state index is 12.5. The Balaban J connectivity index is 2.45. The van der Waals surface area contributed by atoms with E-state index in [1.54, 1.807) is 12.1 Å². The third-order valence-electron chi connectivity index (χ3n) is 4.60. The smallest absolute Gasteiger partial charge is 0.161 e. The first-order chi connectivity index (χ1) is 12.9. The van der Waals surface area contributed by atoms with Gasteiger partial charge in [-0.25, -0.2) is 0 Å². The van der Waals surface area contributed by atoms with Crippen LogP contribution < -0.4 is 0 Å². The van der Waals surface area contributed by atoms with E-state index >= 15 is 0 Å². The van der Waals surface area contributed by atoms with E-state index in [2.05, 4.69) is 0 Å². The second-order valence-electron chi connectivity index (χ2n) is 6.49. The maximum atomic E-state index is 12.5. The van der Waals surface area contributed by atoms with Crippen LogP contribution in [0.15, 0.2) is 66.7 Å². The van der Waals surface area contributed by atoms with Crippen molar-refractivity contribution in [3.05, 3.63) is 83.4 Å². The van der Waals surface area contributed by atoms with E-state index in [0.717, 1.165) is 16.7 Å². The fraction of sp³-hybridized carbons (Fsp3) is 0.125. The summed E-state index contributed by atoms with van der Waals surface area (Å²) in [5.41, 5.74) is 4.26. The van der Waals surface area contributed by atoms with Gasteiger partial charge in [-0.2, -0.15) is 0 Å². The summed E-state index contributed by atoms with van der Waals surface area (Å²) < 4.78 is 0. The van der Waals surface area contributed by atoms with Crippen LogP contribution in [0.5, 0.6) is 0 Å². The van der Waals surface area contributed by atoms with Crippen molar-refractivity contribution in [1.29, 1.82) is 0 Å². The first-order valence-electron chi connectivity index (χ1n) is 8.76. The highest BCUT2D eigenvalue weighted by atomic mass is 16.1. The largest absolute Gasteiger partial charge is 0.294 e. The molecule has 27 heavy (non-hydrogen) atoms. The third-order valence-corrected chi connectivity index (χ3v) is 4.60. The summed E-state index contributed by atoms with van der Waals surface area (Å²) in [5.74, 6) is -0.583. The lowest BCUT2D eigenvalue weighted by atomic mass is 9.83. The zero-order valence-corrected chi connectivity index (χ0v) is 15.6. The number of carbonyl (C=O) groups excluding carboxylic acids is 3.